The zero-order valence-electron chi connectivity index (χ0n) is 30.9. The van der Waals surface area contributed by atoms with Crippen LogP contribution in [0.4, 0.5) is 0 Å². The molecule has 4 aromatic rings. The van der Waals surface area contributed by atoms with Crippen LogP contribution in [0.1, 0.15) is 36.1 Å². The first-order valence-electron chi connectivity index (χ1n) is 18.5. The summed E-state index contributed by atoms with van der Waals surface area (Å²) in [5, 5.41) is 12.0. The molecule has 3 saturated heterocycles. The highest BCUT2D eigenvalue weighted by Crippen LogP contribution is 2.40. The van der Waals surface area contributed by atoms with Gasteiger partial charge in [0.05, 0.1) is 26.4 Å². The van der Waals surface area contributed by atoms with Gasteiger partial charge in [0.2, 0.25) is 0 Å². The van der Waals surface area contributed by atoms with Gasteiger partial charge in [-0.05, 0) is 36.1 Å². The number of hydrogen-bond donors (Lipinski definition) is 1. The monoisotopic (exact) mass is 738 g/mol. The van der Waals surface area contributed by atoms with Gasteiger partial charge >= 0.3 is 0 Å². The van der Waals surface area contributed by atoms with Crippen molar-refractivity contribution in [1.82, 2.24) is 0 Å². The summed E-state index contributed by atoms with van der Waals surface area (Å²) in [6, 6.07) is 39.6. The van der Waals surface area contributed by atoms with E-state index < -0.39 is 67.2 Å². The fourth-order valence-electron chi connectivity index (χ4n) is 7.10. The Bertz CT molecular complexity index is 1720. The molecule has 3 aliphatic rings. The fraction of sp³-hybridized carbons (Fsp3) is 0.409. The standard InChI is InChI=1S/C44H50O10/c1-44(2)53-41-37(47-26-30-16-8-4-9-17-30)35(51-43(41)54-44)25-24-34(45)36-38(48-27-31-18-10-5-11-19-31)39(49-28-32-20-12-6-13-21-32)40(42(46-3)52-36)50-29-33-22-14-7-15-23-33/h4-25,34-43,45H,26-29H2,1-3H3/b25-24+/t34-,35+,36+,37-,38+,39-,40+,41+,42-,43+/m0/s1. The van der Waals surface area contributed by atoms with Crippen LogP contribution >= 0.6 is 0 Å². The van der Waals surface area contributed by atoms with Gasteiger partial charge in [0.15, 0.2) is 18.4 Å². The number of aliphatic hydroxyl groups excluding tert-OH is 1. The summed E-state index contributed by atoms with van der Waals surface area (Å²) in [6.45, 7) is 4.90. The largest absolute Gasteiger partial charge is 0.386 e. The molecule has 10 nitrogen and oxygen atoms in total. The summed E-state index contributed by atoms with van der Waals surface area (Å²) in [4.78, 5) is 0. The van der Waals surface area contributed by atoms with Crippen LogP contribution in [0, 0.1) is 0 Å². The number of fused-ring (bicyclic) bond motifs is 1. The molecule has 0 aromatic heterocycles. The zero-order valence-corrected chi connectivity index (χ0v) is 30.9. The number of aliphatic hydroxyl groups is 1. The Balaban J connectivity index is 1.15. The van der Waals surface area contributed by atoms with Gasteiger partial charge in [-0.3, -0.25) is 0 Å². The normalized spacial score (nSPS) is 29.7. The first kappa shape index (κ1) is 38.5. The lowest BCUT2D eigenvalue weighted by Crippen LogP contribution is -2.63. The summed E-state index contributed by atoms with van der Waals surface area (Å²) < 4.78 is 57.4. The number of methoxy groups -OCH3 is 1. The van der Waals surface area contributed by atoms with Crippen molar-refractivity contribution in [2.75, 3.05) is 7.11 Å². The molecule has 4 aromatic carbocycles. The SMILES string of the molecule is CO[C@H]1O[C@H]([C@@H](O)/C=C/[C@H]2O[C@@H]3OC(C)(C)O[C@@H]3[C@H]2OCc2ccccc2)[C@@H](OCc2ccccc2)[C@H](OCc2ccccc2)[C@H]1OCc1ccccc1. The van der Waals surface area contributed by atoms with Crippen molar-refractivity contribution in [2.45, 2.75) is 107 Å². The number of ether oxygens (including phenoxy) is 9. The molecule has 3 aliphatic heterocycles. The molecular weight excluding hydrogens is 688 g/mol. The van der Waals surface area contributed by atoms with Crippen LogP contribution < -0.4 is 0 Å². The minimum absolute atomic E-state index is 0.255. The highest BCUT2D eigenvalue weighted by atomic mass is 16.8. The van der Waals surface area contributed by atoms with Crippen LogP contribution in [0.3, 0.4) is 0 Å². The molecule has 7 rings (SSSR count). The quantitative estimate of drug-likeness (QED) is 0.128. The van der Waals surface area contributed by atoms with E-state index in [0.717, 1.165) is 22.3 Å². The van der Waals surface area contributed by atoms with Crippen LogP contribution in [0.5, 0.6) is 0 Å². The molecule has 1 N–H and O–H groups in total. The van der Waals surface area contributed by atoms with Crippen LogP contribution in [-0.4, -0.2) is 79.4 Å². The van der Waals surface area contributed by atoms with Gasteiger partial charge in [-0.25, -0.2) is 0 Å². The molecular formula is C44H50O10. The van der Waals surface area contributed by atoms with Crippen LogP contribution in [0.25, 0.3) is 0 Å². The van der Waals surface area contributed by atoms with E-state index in [1.165, 1.54) is 0 Å². The molecule has 0 aliphatic carbocycles. The molecule has 0 saturated carbocycles. The van der Waals surface area contributed by atoms with Gasteiger partial charge < -0.3 is 47.7 Å². The highest BCUT2D eigenvalue weighted by Gasteiger charge is 2.55. The van der Waals surface area contributed by atoms with Crippen molar-refractivity contribution in [2.24, 2.45) is 0 Å². The third-order valence-electron chi connectivity index (χ3n) is 9.77. The van der Waals surface area contributed by atoms with Crippen molar-refractivity contribution in [3.8, 4) is 0 Å². The minimum Gasteiger partial charge on any atom is -0.386 e. The second-order valence-electron chi connectivity index (χ2n) is 14.2. The van der Waals surface area contributed by atoms with Gasteiger partial charge in [-0.1, -0.05) is 133 Å². The van der Waals surface area contributed by atoms with Gasteiger partial charge in [0, 0.05) is 7.11 Å². The predicted molar refractivity (Wildman–Crippen MR) is 200 cm³/mol. The first-order chi connectivity index (χ1) is 26.4. The Morgan fingerprint density at radius 2 is 1.04 bits per heavy atom. The Kier molecular flexibility index (Phi) is 13.0. The molecule has 3 heterocycles. The van der Waals surface area contributed by atoms with Gasteiger partial charge in [-0.2, -0.15) is 0 Å². The van der Waals surface area contributed by atoms with Crippen molar-refractivity contribution >= 4 is 0 Å². The van der Waals surface area contributed by atoms with Crippen LogP contribution in [0.2, 0.25) is 0 Å². The van der Waals surface area contributed by atoms with Crippen LogP contribution in [-0.2, 0) is 69.1 Å². The molecule has 0 bridgehead atoms. The molecule has 0 unspecified atom stereocenters. The minimum atomic E-state index is -1.17. The third kappa shape index (κ3) is 9.71. The molecule has 286 valence electrons. The second kappa shape index (κ2) is 18.2. The van der Waals surface area contributed by atoms with E-state index in [2.05, 4.69) is 0 Å². The summed E-state index contributed by atoms with van der Waals surface area (Å²) in [5.74, 6) is -0.819. The van der Waals surface area contributed by atoms with Gasteiger partial charge in [0.25, 0.3) is 0 Å². The highest BCUT2D eigenvalue weighted by molar-refractivity contribution is 5.17. The van der Waals surface area contributed by atoms with E-state index in [1.54, 1.807) is 19.3 Å². The molecule has 3 fully saturated rings. The maximum Gasteiger partial charge on any atom is 0.190 e. The summed E-state index contributed by atoms with van der Waals surface area (Å²) in [7, 11) is 1.56. The average Bonchev–Trinajstić information content (AvgIpc) is 3.68. The summed E-state index contributed by atoms with van der Waals surface area (Å²) in [6.07, 6.45) is -3.85. The molecule has 0 radical (unpaired) electrons. The van der Waals surface area contributed by atoms with E-state index in [0.29, 0.717) is 13.2 Å². The van der Waals surface area contributed by atoms with E-state index in [9.17, 15) is 5.11 Å². The lowest BCUT2D eigenvalue weighted by molar-refractivity contribution is -0.326. The van der Waals surface area contributed by atoms with Crippen molar-refractivity contribution in [3.63, 3.8) is 0 Å². The Labute approximate surface area is 317 Å². The van der Waals surface area contributed by atoms with Crippen molar-refractivity contribution in [3.05, 3.63) is 156 Å². The summed E-state index contributed by atoms with van der Waals surface area (Å²) >= 11 is 0. The molecule has 10 heteroatoms. The number of benzene rings is 4. The predicted octanol–water partition coefficient (Wildman–Crippen LogP) is 6.49. The number of rotatable bonds is 16. The third-order valence-corrected chi connectivity index (χ3v) is 9.77. The van der Waals surface area contributed by atoms with Crippen molar-refractivity contribution < 1.29 is 47.7 Å². The van der Waals surface area contributed by atoms with E-state index in [1.807, 2.05) is 135 Å². The van der Waals surface area contributed by atoms with Crippen LogP contribution in [0.15, 0.2) is 133 Å². The molecule has 0 amide bonds. The average molecular weight is 739 g/mol. The number of hydrogen-bond acceptors (Lipinski definition) is 10. The molecule has 54 heavy (non-hydrogen) atoms. The first-order valence-corrected chi connectivity index (χ1v) is 18.5. The maximum absolute atomic E-state index is 12.0. The van der Waals surface area contributed by atoms with E-state index in [-0.39, 0.29) is 13.2 Å². The maximum atomic E-state index is 12.0. The Morgan fingerprint density at radius 3 is 1.52 bits per heavy atom. The lowest BCUT2D eigenvalue weighted by Gasteiger charge is -2.46. The molecule has 0 spiro atoms. The van der Waals surface area contributed by atoms with E-state index >= 15 is 0 Å². The zero-order chi connectivity index (χ0) is 37.3. The lowest BCUT2D eigenvalue weighted by atomic mass is 9.93. The second-order valence-corrected chi connectivity index (χ2v) is 14.2. The molecule has 10 atom stereocenters. The summed E-state index contributed by atoms with van der Waals surface area (Å²) in [5.41, 5.74) is 3.96. The fourth-order valence-corrected chi connectivity index (χ4v) is 7.10. The topological polar surface area (TPSA) is 103 Å². The smallest absolute Gasteiger partial charge is 0.190 e. The van der Waals surface area contributed by atoms with Crippen molar-refractivity contribution in [1.29, 1.82) is 0 Å². The Hall–Kier alpha value is -3.78. The van der Waals surface area contributed by atoms with Gasteiger partial charge in [-0.15, -0.1) is 0 Å². The van der Waals surface area contributed by atoms with Gasteiger partial charge in [0.1, 0.15) is 48.8 Å². The van der Waals surface area contributed by atoms with E-state index in [4.69, 9.17) is 42.6 Å². The Morgan fingerprint density at radius 1 is 0.593 bits per heavy atom.